The van der Waals surface area contributed by atoms with E-state index in [9.17, 15) is 4.79 Å². The number of rotatable bonds is 1. The van der Waals surface area contributed by atoms with E-state index in [2.05, 4.69) is 61.5 Å². The van der Waals surface area contributed by atoms with Gasteiger partial charge in [-0.3, -0.25) is 4.79 Å². The molecule has 0 aromatic heterocycles. The first-order valence-electron chi connectivity index (χ1n) is 14.5. The van der Waals surface area contributed by atoms with Crippen molar-refractivity contribution in [3.63, 3.8) is 0 Å². The van der Waals surface area contributed by atoms with Crippen molar-refractivity contribution in [2.75, 3.05) is 0 Å². The topological polar surface area (TPSA) is 26.3 Å². The largest absolute Gasteiger partial charge is 0.462 e. The Morgan fingerprint density at radius 3 is 2.21 bits per heavy atom. The van der Waals surface area contributed by atoms with Crippen LogP contribution in [0.1, 0.15) is 127 Å². The van der Waals surface area contributed by atoms with Crippen LogP contribution >= 0.6 is 0 Å². The molecule has 0 aromatic carbocycles. The summed E-state index contributed by atoms with van der Waals surface area (Å²) in [5, 5.41) is 0. The van der Waals surface area contributed by atoms with Crippen LogP contribution in [0.4, 0.5) is 0 Å². The highest BCUT2D eigenvalue weighted by molar-refractivity contribution is 5.66. The van der Waals surface area contributed by atoms with Gasteiger partial charge in [0, 0.05) is 12.3 Å². The molecule has 0 heterocycles. The lowest BCUT2D eigenvalue weighted by Gasteiger charge is -2.71. The van der Waals surface area contributed by atoms with Crippen LogP contribution in [0.15, 0.2) is 11.6 Å². The predicted molar refractivity (Wildman–Crippen MR) is 140 cm³/mol. The molecule has 0 bridgehead atoms. The van der Waals surface area contributed by atoms with Crippen LogP contribution < -0.4 is 0 Å². The average molecular weight is 469 g/mol. The Hall–Kier alpha value is -0.790. The van der Waals surface area contributed by atoms with E-state index >= 15 is 0 Å². The van der Waals surface area contributed by atoms with Crippen molar-refractivity contribution >= 4 is 5.97 Å². The Kier molecular flexibility index (Phi) is 5.40. The van der Waals surface area contributed by atoms with Gasteiger partial charge < -0.3 is 4.74 Å². The van der Waals surface area contributed by atoms with Crippen LogP contribution in [-0.4, -0.2) is 12.1 Å². The lowest BCUT2D eigenvalue weighted by molar-refractivity contribution is -0.211. The van der Waals surface area contributed by atoms with E-state index in [0.29, 0.717) is 33.0 Å². The molecule has 4 saturated carbocycles. The van der Waals surface area contributed by atoms with Crippen molar-refractivity contribution < 1.29 is 9.53 Å². The first-order chi connectivity index (χ1) is 15.6. The Balaban J connectivity index is 1.53. The van der Waals surface area contributed by atoms with E-state index in [4.69, 9.17) is 4.74 Å². The maximum Gasteiger partial charge on any atom is 0.302 e. The van der Waals surface area contributed by atoms with E-state index in [1.165, 1.54) is 57.8 Å². The molecule has 0 saturated heterocycles. The summed E-state index contributed by atoms with van der Waals surface area (Å²) in [4.78, 5) is 11.9. The van der Waals surface area contributed by atoms with E-state index in [-0.39, 0.29) is 17.5 Å². The molecular weight excluding hydrogens is 416 g/mol. The molecular formula is C32H52O2. The van der Waals surface area contributed by atoms with Crippen molar-refractivity contribution in [2.45, 2.75) is 133 Å². The van der Waals surface area contributed by atoms with Gasteiger partial charge in [-0.1, -0.05) is 67.0 Å². The number of fused-ring (bicyclic) bond motifs is 7. The van der Waals surface area contributed by atoms with Crippen LogP contribution in [0.25, 0.3) is 0 Å². The summed E-state index contributed by atoms with van der Waals surface area (Å²) in [5.41, 5.74) is 3.92. The monoisotopic (exact) mass is 468 g/mol. The molecule has 34 heavy (non-hydrogen) atoms. The molecule has 5 aliphatic rings. The molecule has 0 amide bonds. The molecule has 192 valence electrons. The molecule has 1 unspecified atom stereocenters. The zero-order valence-corrected chi connectivity index (χ0v) is 23.8. The van der Waals surface area contributed by atoms with Crippen molar-refractivity contribution in [2.24, 2.45) is 50.2 Å². The number of allylic oxidation sites excluding steroid dienone is 2. The number of hydrogen-bond donors (Lipinski definition) is 0. The molecule has 8 atom stereocenters. The van der Waals surface area contributed by atoms with Crippen LogP contribution in [0.3, 0.4) is 0 Å². The fourth-order valence-electron chi connectivity index (χ4n) is 10.9. The second kappa shape index (κ2) is 7.38. The Bertz CT molecular complexity index is 897. The molecule has 2 heteroatoms. The second-order valence-electron chi connectivity index (χ2n) is 15.8. The fraction of sp³-hybridized carbons (Fsp3) is 0.906. The highest BCUT2D eigenvalue weighted by Crippen LogP contribution is 2.75. The molecule has 0 N–H and O–H groups in total. The molecule has 5 aliphatic carbocycles. The van der Waals surface area contributed by atoms with Gasteiger partial charge in [0.2, 0.25) is 0 Å². The first-order valence-corrected chi connectivity index (χ1v) is 14.5. The third kappa shape index (κ3) is 3.21. The minimum Gasteiger partial charge on any atom is -0.462 e. The number of carbonyl (C=O) groups is 1. The quantitative estimate of drug-likeness (QED) is 0.284. The summed E-state index contributed by atoms with van der Waals surface area (Å²) >= 11 is 0. The molecule has 2 nitrogen and oxygen atoms in total. The maximum atomic E-state index is 11.9. The van der Waals surface area contributed by atoms with Gasteiger partial charge in [0.05, 0.1) is 0 Å². The van der Waals surface area contributed by atoms with E-state index in [1.807, 2.05) is 5.57 Å². The normalized spacial score (nSPS) is 51.1. The van der Waals surface area contributed by atoms with Gasteiger partial charge in [0.1, 0.15) is 6.10 Å². The molecule has 0 spiro atoms. The van der Waals surface area contributed by atoms with Crippen LogP contribution in [-0.2, 0) is 9.53 Å². The third-order valence-electron chi connectivity index (χ3n) is 13.3. The molecule has 0 radical (unpaired) electrons. The number of esters is 1. The fourth-order valence-corrected chi connectivity index (χ4v) is 10.9. The summed E-state index contributed by atoms with van der Waals surface area (Å²) in [7, 11) is 0. The van der Waals surface area contributed by atoms with Crippen molar-refractivity contribution in [1.82, 2.24) is 0 Å². The molecule has 4 fully saturated rings. The van der Waals surface area contributed by atoms with Gasteiger partial charge in [-0.05, 0) is 109 Å². The minimum atomic E-state index is -0.110. The lowest BCUT2D eigenvalue weighted by atomic mass is 9.33. The number of hydrogen-bond acceptors (Lipinski definition) is 2. The predicted octanol–water partition coefficient (Wildman–Crippen LogP) is 8.74. The highest BCUT2D eigenvalue weighted by Gasteiger charge is 2.68. The lowest BCUT2D eigenvalue weighted by Crippen LogP contribution is -2.64. The van der Waals surface area contributed by atoms with E-state index in [1.54, 1.807) is 6.92 Å². The number of carbonyl (C=O) groups excluding carboxylic acids is 1. The SMILES string of the molecule is CC(=O)O[C@H]1CC[C@@]2(C)C(CC[C@]3(C)[C@@H]2CC=C2[C@H]4CC(C)(C)CC[C@]4(C)CC[C@]23C)C1(C)C. The van der Waals surface area contributed by atoms with Gasteiger partial charge in [-0.2, -0.15) is 0 Å². The van der Waals surface area contributed by atoms with Crippen molar-refractivity contribution in [3.8, 4) is 0 Å². The van der Waals surface area contributed by atoms with Gasteiger partial charge in [-0.15, -0.1) is 0 Å². The summed E-state index contributed by atoms with van der Waals surface area (Å²) in [5.74, 6) is 2.01. The van der Waals surface area contributed by atoms with Gasteiger partial charge in [-0.25, -0.2) is 0 Å². The standard InChI is InChI=1S/C32H52O2/c1-21(33)34-26-13-14-30(7)24(28(26,4)5)12-15-32(9)25(30)11-10-22-23-20-27(2,3)16-17-29(23,6)18-19-31(22,32)8/h10,23-26H,11-20H2,1-9H3/t23-,24?,25-,26+,29-,30+,31-,32-/m1/s1. The van der Waals surface area contributed by atoms with E-state index < -0.39 is 0 Å². The minimum absolute atomic E-state index is 0.0451. The zero-order chi connectivity index (χ0) is 24.9. The first kappa shape index (κ1) is 24.9. The Labute approximate surface area is 210 Å². The van der Waals surface area contributed by atoms with Gasteiger partial charge in [0.15, 0.2) is 0 Å². The number of ether oxygens (including phenoxy) is 1. The summed E-state index contributed by atoms with van der Waals surface area (Å²) in [6, 6.07) is 0. The molecule has 0 aromatic rings. The van der Waals surface area contributed by atoms with Crippen LogP contribution in [0, 0.1) is 50.2 Å². The summed E-state index contributed by atoms with van der Waals surface area (Å²) < 4.78 is 5.91. The average Bonchev–Trinajstić information content (AvgIpc) is 2.72. The zero-order valence-electron chi connectivity index (χ0n) is 23.8. The Morgan fingerprint density at radius 1 is 0.853 bits per heavy atom. The van der Waals surface area contributed by atoms with E-state index in [0.717, 1.165) is 18.3 Å². The van der Waals surface area contributed by atoms with Gasteiger partial charge >= 0.3 is 5.97 Å². The molecule has 5 rings (SSSR count). The van der Waals surface area contributed by atoms with Crippen molar-refractivity contribution in [3.05, 3.63) is 11.6 Å². The summed E-state index contributed by atoms with van der Waals surface area (Å²) in [6.07, 6.45) is 15.9. The second-order valence-corrected chi connectivity index (χ2v) is 15.8. The Morgan fingerprint density at radius 2 is 1.53 bits per heavy atom. The maximum absolute atomic E-state index is 11.9. The molecule has 0 aliphatic heterocycles. The van der Waals surface area contributed by atoms with Crippen molar-refractivity contribution in [1.29, 1.82) is 0 Å². The van der Waals surface area contributed by atoms with Crippen LogP contribution in [0.2, 0.25) is 0 Å². The third-order valence-corrected chi connectivity index (χ3v) is 13.3. The highest BCUT2D eigenvalue weighted by atomic mass is 16.5. The van der Waals surface area contributed by atoms with Crippen LogP contribution in [0.5, 0.6) is 0 Å². The smallest absolute Gasteiger partial charge is 0.302 e. The summed E-state index contributed by atoms with van der Waals surface area (Å²) in [6.45, 7) is 22.0. The van der Waals surface area contributed by atoms with Gasteiger partial charge in [0.25, 0.3) is 0 Å².